The van der Waals surface area contributed by atoms with Crippen LogP contribution in [0, 0.1) is 23.6 Å². The lowest BCUT2D eigenvalue weighted by atomic mass is 9.55. The van der Waals surface area contributed by atoms with Crippen molar-refractivity contribution in [2.24, 2.45) is 22.9 Å². The third kappa shape index (κ3) is 8.65. The highest BCUT2D eigenvalue weighted by Gasteiger charge is 2.65. The zero-order chi connectivity index (χ0) is 39.7. The first-order valence-electron chi connectivity index (χ1n) is 19.6. The molecule has 0 aromatic heterocycles. The molecule has 10 nitrogen and oxygen atoms in total. The molecule has 1 heterocycles. The Bertz CT molecular complexity index is 1880. The van der Waals surface area contributed by atoms with Crippen LogP contribution in [0.5, 0.6) is 17.2 Å². The number of carbonyl (C=O) groups excluding carboxylic acids is 1. The molecular weight excluding hydrogens is 715 g/mol. The fraction of sp³-hybridized carbons (Fsp3) is 0.467. The van der Waals surface area contributed by atoms with Crippen molar-refractivity contribution < 1.29 is 43.2 Å². The van der Waals surface area contributed by atoms with Gasteiger partial charge in [-0.3, -0.25) is 4.79 Å². The van der Waals surface area contributed by atoms with Gasteiger partial charge in [0.2, 0.25) is 11.7 Å². The van der Waals surface area contributed by atoms with Crippen molar-refractivity contribution in [2.75, 3.05) is 41.1 Å². The number of hydrogen-bond donors (Lipinski definition) is 2. The molecule has 56 heavy (non-hydrogen) atoms. The number of carbonyl (C=O) groups is 1. The monoisotopic (exact) mass is 770 g/mol. The quantitative estimate of drug-likeness (QED) is 0.0737. The summed E-state index contributed by atoms with van der Waals surface area (Å²) < 4.78 is 40.4. The molecule has 2 N–H and O–H groups in total. The van der Waals surface area contributed by atoms with Gasteiger partial charge < -0.3 is 38.9 Å². The third-order valence-electron chi connectivity index (χ3n) is 11.5. The zero-order valence-electron chi connectivity index (χ0n) is 32.7. The molecular formula is C45H55FN2O8. The number of halogens is 1. The molecule has 2 aliphatic carbocycles. The molecule has 6 atom stereocenters. The second-order valence-corrected chi connectivity index (χ2v) is 14.9. The number of hydrogen-bond acceptors (Lipinski definition) is 9. The van der Waals surface area contributed by atoms with Gasteiger partial charge in [0, 0.05) is 43.7 Å². The summed E-state index contributed by atoms with van der Waals surface area (Å²) in [5.41, 5.74) is 3.85. The Labute approximate surface area is 329 Å². The van der Waals surface area contributed by atoms with Crippen molar-refractivity contribution in [1.82, 2.24) is 4.90 Å². The number of rotatable bonds is 19. The van der Waals surface area contributed by atoms with Crippen molar-refractivity contribution in [2.45, 2.75) is 75.7 Å². The molecule has 11 heteroatoms. The number of allylic oxidation sites excluding steroid dienone is 1. The summed E-state index contributed by atoms with van der Waals surface area (Å²) in [6.45, 7) is 4.39. The molecule has 0 unspecified atom stereocenters. The van der Waals surface area contributed by atoms with Gasteiger partial charge in [-0.25, -0.2) is 4.39 Å². The van der Waals surface area contributed by atoms with Crippen LogP contribution in [0.4, 0.5) is 4.39 Å². The van der Waals surface area contributed by atoms with E-state index in [9.17, 15) is 19.4 Å². The standard InChI is InChI=1S/C45H55FN2O8/c1-5-23-55-45-41(48(2)42(51)25-30-13-12-16-33(24-30)52-3)28-39(47-53-4)36-26-31(14-8-10-21-49)35(17-9-11-22-50)43(44(36)45)37-27-34(19-20-40(37)56-45)54-29-32-15-6-7-18-38(32)46/h5-7,12-13,15-16,18-20,24,26-27,31,35,41,43-44,49-50H,1,8-11,14,17,21-23,25,28-29H2,2-4H3/t31-,35+,41-,43+,44+,45+/m0/s1. The van der Waals surface area contributed by atoms with Gasteiger partial charge in [-0.2, -0.15) is 0 Å². The van der Waals surface area contributed by atoms with Crippen LogP contribution in [0.15, 0.2) is 96.2 Å². The number of fused-ring (bicyclic) bond motifs is 2. The highest BCUT2D eigenvalue weighted by Crippen LogP contribution is 2.61. The number of ether oxygens (including phenoxy) is 4. The van der Waals surface area contributed by atoms with Crippen LogP contribution >= 0.6 is 0 Å². The first-order valence-corrected chi connectivity index (χ1v) is 19.6. The number of unbranched alkanes of at least 4 members (excludes halogenated alkanes) is 2. The minimum Gasteiger partial charge on any atom is -0.497 e. The number of aliphatic hydroxyl groups excluding tert-OH is 2. The Kier molecular flexibility index (Phi) is 13.9. The van der Waals surface area contributed by atoms with E-state index in [1.807, 2.05) is 42.5 Å². The Morgan fingerprint density at radius 2 is 1.80 bits per heavy atom. The van der Waals surface area contributed by atoms with E-state index >= 15 is 0 Å². The number of nitrogens with zero attached hydrogens (tertiary/aromatic N) is 2. The molecule has 1 fully saturated rings. The summed E-state index contributed by atoms with van der Waals surface area (Å²) in [4.78, 5) is 21.6. The van der Waals surface area contributed by atoms with Crippen LogP contribution in [0.25, 0.3) is 0 Å². The van der Waals surface area contributed by atoms with Gasteiger partial charge in [-0.1, -0.05) is 60.5 Å². The molecule has 6 rings (SSSR count). The maximum atomic E-state index is 14.6. The van der Waals surface area contributed by atoms with Gasteiger partial charge in [0.1, 0.15) is 42.8 Å². The van der Waals surface area contributed by atoms with E-state index in [1.54, 1.807) is 43.3 Å². The van der Waals surface area contributed by atoms with Crippen molar-refractivity contribution in [1.29, 1.82) is 0 Å². The van der Waals surface area contributed by atoms with E-state index in [0.717, 1.165) is 42.4 Å². The van der Waals surface area contributed by atoms with Crippen molar-refractivity contribution >= 4 is 11.6 Å². The van der Waals surface area contributed by atoms with Gasteiger partial charge >= 0.3 is 0 Å². The average Bonchev–Trinajstić information content (AvgIpc) is 3.21. The topological polar surface area (TPSA) is 119 Å². The molecule has 1 aliphatic heterocycles. The summed E-state index contributed by atoms with van der Waals surface area (Å²) in [7, 11) is 4.92. The maximum absolute atomic E-state index is 14.6. The SMILES string of the molecule is C=CCO[C@@]12Oc3ccc(OCc4ccccc4F)cc3[C@H]3[C@H](CCCCO)[C@@H](CCCCO)C=C(C(=NOC)C[C@@H]1N(C)C(=O)Cc1cccc(OC)c1)[C@H]32. The number of benzene rings is 3. The maximum Gasteiger partial charge on any atom is 0.239 e. The Morgan fingerprint density at radius 3 is 2.54 bits per heavy atom. The molecule has 1 amide bonds. The van der Waals surface area contributed by atoms with Crippen molar-refractivity contribution in [3.63, 3.8) is 0 Å². The van der Waals surface area contributed by atoms with E-state index in [1.165, 1.54) is 13.2 Å². The van der Waals surface area contributed by atoms with Gasteiger partial charge in [-0.15, -0.1) is 6.58 Å². The predicted molar refractivity (Wildman–Crippen MR) is 212 cm³/mol. The smallest absolute Gasteiger partial charge is 0.239 e. The van der Waals surface area contributed by atoms with Crippen LogP contribution < -0.4 is 14.2 Å². The second-order valence-electron chi connectivity index (χ2n) is 14.9. The molecule has 3 aromatic rings. The van der Waals surface area contributed by atoms with Gasteiger partial charge in [0.05, 0.1) is 31.8 Å². The molecule has 0 spiro atoms. The summed E-state index contributed by atoms with van der Waals surface area (Å²) >= 11 is 0. The van der Waals surface area contributed by atoms with E-state index in [2.05, 4.69) is 17.8 Å². The first-order chi connectivity index (χ1) is 27.3. The first kappa shape index (κ1) is 40.9. The minimum atomic E-state index is -1.36. The average molecular weight is 771 g/mol. The molecule has 3 aromatic carbocycles. The lowest BCUT2D eigenvalue weighted by molar-refractivity contribution is -0.255. The minimum absolute atomic E-state index is 0.0502. The van der Waals surface area contributed by atoms with Crippen LogP contribution in [0.3, 0.4) is 0 Å². The summed E-state index contributed by atoms with van der Waals surface area (Å²) in [6, 6.07) is 19.1. The number of methoxy groups -OCH3 is 1. The summed E-state index contributed by atoms with van der Waals surface area (Å²) in [5.74, 6) is -0.464. The predicted octanol–water partition coefficient (Wildman–Crippen LogP) is 7.38. The second kappa shape index (κ2) is 19.0. The molecule has 0 radical (unpaired) electrons. The normalized spacial score (nSPS) is 24.3. The Morgan fingerprint density at radius 1 is 1.02 bits per heavy atom. The van der Waals surface area contributed by atoms with E-state index in [-0.39, 0.29) is 62.3 Å². The highest BCUT2D eigenvalue weighted by molar-refractivity contribution is 6.03. The largest absolute Gasteiger partial charge is 0.497 e. The Balaban J connectivity index is 1.50. The molecule has 300 valence electrons. The lowest BCUT2D eigenvalue weighted by Gasteiger charge is -2.59. The summed E-state index contributed by atoms with van der Waals surface area (Å²) in [6.07, 6.45) is 9.02. The molecule has 0 bridgehead atoms. The molecule has 0 saturated heterocycles. The van der Waals surface area contributed by atoms with Crippen molar-refractivity contribution in [3.8, 4) is 17.2 Å². The number of likely N-dealkylation sites (N-methyl/N-ethyl adjacent to an activating group) is 1. The lowest BCUT2D eigenvalue weighted by Crippen LogP contribution is -2.69. The third-order valence-corrected chi connectivity index (χ3v) is 11.5. The van der Waals surface area contributed by atoms with Crippen LogP contribution in [-0.2, 0) is 27.4 Å². The Hall–Kier alpha value is -4.71. The van der Waals surface area contributed by atoms with E-state index in [0.29, 0.717) is 47.8 Å². The zero-order valence-corrected chi connectivity index (χ0v) is 32.7. The molecule has 3 aliphatic rings. The van der Waals surface area contributed by atoms with Gasteiger partial charge in [-0.05, 0) is 85.1 Å². The van der Waals surface area contributed by atoms with Crippen LogP contribution in [0.1, 0.15) is 67.6 Å². The fourth-order valence-electron chi connectivity index (χ4n) is 8.96. The van der Waals surface area contributed by atoms with Gasteiger partial charge in [0.25, 0.3) is 0 Å². The number of aliphatic hydroxyl groups is 2. The highest BCUT2D eigenvalue weighted by atomic mass is 19.1. The number of oxime groups is 1. The number of amides is 1. The van der Waals surface area contributed by atoms with E-state index < -0.39 is 17.7 Å². The van der Waals surface area contributed by atoms with Crippen LogP contribution in [-0.4, -0.2) is 79.6 Å². The van der Waals surface area contributed by atoms with E-state index in [4.69, 9.17) is 23.8 Å². The molecule has 1 saturated carbocycles. The van der Waals surface area contributed by atoms with Crippen LogP contribution in [0.2, 0.25) is 0 Å². The van der Waals surface area contributed by atoms with Crippen molar-refractivity contribution in [3.05, 3.63) is 114 Å². The fourth-order valence-corrected chi connectivity index (χ4v) is 8.96. The van der Waals surface area contributed by atoms with Gasteiger partial charge in [0.15, 0.2) is 0 Å². The summed E-state index contributed by atoms with van der Waals surface area (Å²) in [5, 5.41) is 24.2.